The van der Waals surface area contributed by atoms with E-state index in [1.807, 2.05) is 31.3 Å². The van der Waals surface area contributed by atoms with E-state index in [2.05, 4.69) is 35.8 Å². The van der Waals surface area contributed by atoms with Crippen molar-refractivity contribution in [2.45, 2.75) is 13.3 Å². The molecule has 0 N–H and O–H groups in total. The van der Waals surface area contributed by atoms with Crippen LogP contribution in [0.4, 0.5) is 0 Å². The van der Waals surface area contributed by atoms with Gasteiger partial charge in [-0.1, -0.05) is 42.5 Å². The zero-order valence-electron chi connectivity index (χ0n) is 9.48. The number of benzene rings is 1. The second-order valence-corrected chi connectivity index (χ2v) is 4.05. The van der Waals surface area contributed by atoms with Crippen LogP contribution in [-0.4, -0.2) is 4.98 Å². The summed E-state index contributed by atoms with van der Waals surface area (Å²) >= 11 is 0. The Balaban J connectivity index is 2.23. The number of hydrogen-bond donors (Lipinski definition) is 0. The van der Waals surface area contributed by atoms with Crippen LogP contribution in [-0.2, 0) is 6.42 Å². The fraction of sp³-hybridized carbons (Fsp3) is 0.133. The molecular weight excluding hydrogens is 194 g/mol. The van der Waals surface area contributed by atoms with Crippen LogP contribution in [0, 0.1) is 0 Å². The molecule has 0 saturated heterocycles. The minimum atomic E-state index is 0.947. The molecule has 1 heteroatoms. The van der Waals surface area contributed by atoms with E-state index in [0.717, 1.165) is 17.7 Å². The largest absolute Gasteiger partial charge is 0.256 e. The van der Waals surface area contributed by atoms with Gasteiger partial charge < -0.3 is 0 Å². The highest BCUT2D eigenvalue weighted by molar-refractivity contribution is 5.59. The molecule has 2 aromatic rings. The summed E-state index contributed by atoms with van der Waals surface area (Å²) in [6.07, 6.45) is 2.76. The maximum absolute atomic E-state index is 4.32. The average molecular weight is 209 g/mol. The lowest BCUT2D eigenvalue weighted by atomic mass is 10.0. The van der Waals surface area contributed by atoms with E-state index < -0.39 is 0 Å². The van der Waals surface area contributed by atoms with Crippen LogP contribution < -0.4 is 0 Å². The van der Waals surface area contributed by atoms with Crippen LogP contribution in [0.1, 0.15) is 12.5 Å². The van der Waals surface area contributed by atoms with Gasteiger partial charge >= 0.3 is 0 Å². The molecule has 2 rings (SSSR count). The Morgan fingerprint density at radius 1 is 1.12 bits per heavy atom. The lowest BCUT2D eigenvalue weighted by Gasteiger charge is -2.03. The second kappa shape index (κ2) is 4.75. The Kier molecular flexibility index (Phi) is 3.16. The van der Waals surface area contributed by atoms with E-state index in [0.29, 0.717) is 0 Å². The van der Waals surface area contributed by atoms with Gasteiger partial charge in [-0.25, -0.2) is 0 Å². The summed E-state index contributed by atoms with van der Waals surface area (Å²) in [6.45, 7) is 5.97. The Hall–Kier alpha value is -1.89. The van der Waals surface area contributed by atoms with Gasteiger partial charge in [0.15, 0.2) is 0 Å². The summed E-state index contributed by atoms with van der Waals surface area (Å²) in [5, 5.41) is 0. The third-order valence-corrected chi connectivity index (χ3v) is 2.42. The molecule has 1 nitrogen and oxygen atoms in total. The number of pyridine rings is 1. The minimum Gasteiger partial charge on any atom is -0.256 e. The molecule has 0 bridgehead atoms. The van der Waals surface area contributed by atoms with Gasteiger partial charge in [0.1, 0.15) is 0 Å². The normalized spacial score (nSPS) is 10.1. The molecule has 0 atom stereocenters. The van der Waals surface area contributed by atoms with Crippen LogP contribution in [0.5, 0.6) is 0 Å². The Morgan fingerprint density at radius 2 is 1.88 bits per heavy atom. The molecule has 16 heavy (non-hydrogen) atoms. The first-order valence-electron chi connectivity index (χ1n) is 5.40. The number of rotatable bonds is 3. The average Bonchev–Trinajstić information content (AvgIpc) is 2.30. The van der Waals surface area contributed by atoms with Crippen molar-refractivity contribution in [3.8, 4) is 11.3 Å². The van der Waals surface area contributed by atoms with Crippen LogP contribution in [0.3, 0.4) is 0 Å². The molecule has 0 aliphatic rings. The molecule has 0 fully saturated rings. The van der Waals surface area contributed by atoms with Gasteiger partial charge in [-0.15, -0.1) is 0 Å². The van der Waals surface area contributed by atoms with Crippen molar-refractivity contribution in [1.82, 2.24) is 4.98 Å². The molecule has 1 heterocycles. The monoisotopic (exact) mass is 209 g/mol. The predicted octanol–water partition coefficient (Wildman–Crippen LogP) is 3.87. The number of aromatic nitrogens is 1. The fourth-order valence-corrected chi connectivity index (χ4v) is 1.68. The van der Waals surface area contributed by atoms with Gasteiger partial charge in [0.05, 0.1) is 5.69 Å². The van der Waals surface area contributed by atoms with E-state index in [4.69, 9.17) is 0 Å². The van der Waals surface area contributed by atoms with Crippen LogP contribution in [0.2, 0.25) is 0 Å². The number of allylic oxidation sites excluding steroid dienone is 1. The molecule has 0 saturated carbocycles. The van der Waals surface area contributed by atoms with Crippen molar-refractivity contribution in [3.63, 3.8) is 0 Å². The van der Waals surface area contributed by atoms with E-state index in [-0.39, 0.29) is 0 Å². The zero-order chi connectivity index (χ0) is 11.4. The van der Waals surface area contributed by atoms with Crippen LogP contribution in [0.15, 0.2) is 60.8 Å². The molecule has 0 radical (unpaired) electrons. The fourth-order valence-electron chi connectivity index (χ4n) is 1.68. The first-order chi connectivity index (χ1) is 7.75. The predicted molar refractivity (Wildman–Crippen MR) is 68.2 cm³/mol. The lowest BCUT2D eigenvalue weighted by molar-refractivity contribution is 1.15. The molecule has 0 aliphatic carbocycles. The summed E-state index contributed by atoms with van der Waals surface area (Å²) in [4.78, 5) is 4.32. The van der Waals surface area contributed by atoms with Crippen molar-refractivity contribution in [2.24, 2.45) is 0 Å². The highest BCUT2D eigenvalue weighted by Crippen LogP contribution is 2.17. The standard InChI is InChI=1S/C15H15N/c1-12(2)11-13-6-8-14(9-7-13)15-5-3-4-10-16-15/h3-10H,1,11H2,2H3. The molecular formula is C15H15N. The van der Waals surface area contributed by atoms with E-state index in [9.17, 15) is 0 Å². The van der Waals surface area contributed by atoms with Crippen molar-refractivity contribution < 1.29 is 0 Å². The van der Waals surface area contributed by atoms with Crippen molar-refractivity contribution >= 4 is 0 Å². The molecule has 0 aliphatic heterocycles. The van der Waals surface area contributed by atoms with E-state index in [1.165, 1.54) is 11.1 Å². The third kappa shape index (κ3) is 2.57. The van der Waals surface area contributed by atoms with E-state index in [1.54, 1.807) is 0 Å². The molecule has 1 aromatic carbocycles. The maximum Gasteiger partial charge on any atom is 0.0701 e. The first kappa shape index (κ1) is 10.6. The molecule has 0 unspecified atom stereocenters. The van der Waals surface area contributed by atoms with Crippen LogP contribution in [0.25, 0.3) is 11.3 Å². The Bertz CT molecular complexity index is 469. The van der Waals surface area contributed by atoms with Gasteiger partial charge in [-0.05, 0) is 31.0 Å². The van der Waals surface area contributed by atoms with Gasteiger partial charge in [0.25, 0.3) is 0 Å². The topological polar surface area (TPSA) is 12.9 Å². The highest BCUT2D eigenvalue weighted by Gasteiger charge is 1.98. The smallest absolute Gasteiger partial charge is 0.0701 e. The number of hydrogen-bond acceptors (Lipinski definition) is 1. The van der Waals surface area contributed by atoms with Gasteiger partial charge in [0, 0.05) is 11.8 Å². The van der Waals surface area contributed by atoms with Gasteiger partial charge in [-0.2, -0.15) is 0 Å². The second-order valence-electron chi connectivity index (χ2n) is 4.05. The van der Waals surface area contributed by atoms with Crippen molar-refractivity contribution in [2.75, 3.05) is 0 Å². The first-order valence-corrected chi connectivity index (χ1v) is 5.40. The number of nitrogens with zero attached hydrogens (tertiary/aromatic N) is 1. The third-order valence-electron chi connectivity index (χ3n) is 2.42. The summed E-state index contributed by atoms with van der Waals surface area (Å²) in [5.41, 5.74) is 4.66. The molecule has 1 aromatic heterocycles. The Morgan fingerprint density at radius 3 is 2.44 bits per heavy atom. The maximum atomic E-state index is 4.32. The lowest BCUT2D eigenvalue weighted by Crippen LogP contribution is -1.86. The van der Waals surface area contributed by atoms with E-state index >= 15 is 0 Å². The van der Waals surface area contributed by atoms with Crippen LogP contribution >= 0.6 is 0 Å². The summed E-state index contributed by atoms with van der Waals surface area (Å²) in [7, 11) is 0. The SMILES string of the molecule is C=C(C)Cc1ccc(-c2ccccn2)cc1. The van der Waals surface area contributed by atoms with Crippen molar-refractivity contribution in [1.29, 1.82) is 0 Å². The van der Waals surface area contributed by atoms with Gasteiger partial charge in [0.2, 0.25) is 0 Å². The Labute approximate surface area is 96.5 Å². The zero-order valence-corrected chi connectivity index (χ0v) is 9.48. The molecule has 0 spiro atoms. The minimum absolute atomic E-state index is 0.947. The highest BCUT2D eigenvalue weighted by atomic mass is 14.7. The molecule has 80 valence electrons. The summed E-state index contributed by atoms with van der Waals surface area (Å²) in [5.74, 6) is 0. The molecule has 0 amide bonds. The van der Waals surface area contributed by atoms with Crippen molar-refractivity contribution in [3.05, 3.63) is 66.4 Å². The summed E-state index contributed by atoms with van der Waals surface area (Å²) < 4.78 is 0. The summed E-state index contributed by atoms with van der Waals surface area (Å²) in [6, 6.07) is 14.5. The van der Waals surface area contributed by atoms with Gasteiger partial charge in [-0.3, -0.25) is 4.98 Å². The quantitative estimate of drug-likeness (QED) is 0.699.